The van der Waals surface area contributed by atoms with Crippen LogP contribution in [0.5, 0.6) is 0 Å². The van der Waals surface area contributed by atoms with E-state index < -0.39 is 5.78 Å². The first kappa shape index (κ1) is 13.1. The summed E-state index contributed by atoms with van der Waals surface area (Å²) in [4.78, 5) is 21.9. The van der Waals surface area contributed by atoms with E-state index in [9.17, 15) is 9.59 Å². The minimum atomic E-state index is -0.446. The van der Waals surface area contributed by atoms with E-state index in [1.165, 1.54) is 25.7 Å². The van der Waals surface area contributed by atoms with Crippen LogP contribution >= 0.6 is 0 Å². The zero-order chi connectivity index (χ0) is 10.8. The highest BCUT2D eigenvalue weighted by molar-refractivity contribution is 6.41. The molecule has 2 nitrogen and oxygen atoms in total. The van der Waals surface area contributed by atoms with Crippen molar-refractivity contribution < 1.29 is 9.59 Å². The summed E-state index contributed by atoms with van der Waals surface area (Å²) >= 11 is 0. The van der Waals surface area contributed by atoms with Crippen LogP contribution in [0, 0.1) is 0 Å². The molecule has 0 aromatic carbocycles. The minimum absolute atomic E-state index is 0.296. The Labute approximate surface area is 86.4 Å². The number of rotatable bonds is 9. The lowest BCUT2D eigenvalue weighted by Gasteiger charge is -1.98. The zero-order valence-electron chi connectivity index (χ0n) is 9.05. The second-order valence-electron chi connectivity index (χ2n) is 3.51. The highest BCUT2D eigenvalue weighted by Gasteiger charge is 2.07. The fraction of sp³-hybridized carbons (Fsp3) is 0.667. The summed E-state index contributed by atoms with van der Waals surface area (Å²) < 4.78 is 0. The molecule has 80 valence electrons. The van der Waals surface area contributed by atoms with E-state index in [1.54, 1.807) is 0 Å². The maximum Gasteiger partial charge on any atom is 0.220 e. The molecule has 14 heavy (non-hydrogen) atoms. The molecule has 0 aliphatic heterocycles. The summed E-state index contributed by atoms with van der Waals surface area (Å²) in [5.41, 5.74) is 0. The first-order chi connectivity index (χ1) is 6.72. The van der Waals surface area contributed by atoms with Gasteiger partial charge >= 0.3 is 0 Å². The number of allylic oxidation sites excluding steroid dienone is 1. The molecule has 0 radical (unpaired) electrons. The number of Topliss-reactive ketones (excluding diaryl/α,β-unsaturated/α-hetero) is 1. The van der Waals surface area contributed by atoms with Crippen LogP contribution in [0.3, 0.4) is 0 Å². The van der Waals surface area contributed by atoms with Gasteiger partial charge in [-0.2, -0.15) is 0 Å². The zero-order valence-corrected chi connectivity index (χ0v) is 9.05. The largest absolute Gasteiger partial charge is 0.291 e. The highest BCUT2D eigenvalue weighted by Crippen LogP contribution is 2.07. The van der Waals surface area contributed by atoms with Crippen molar-refractivity contribution in [1.29, 1.82) is 0 Å². The van der Waals surface area contributed by atoms with E-state index in [2.05, 4.69) is 13.5 Å². The lowest BCUT2D eigenvalue weighted by atomic mass is 10.1. The first-order valence-electron chi connectivity index (χ1n) is 5.42. The standard InChI is InChI=1S/C12H20O2/c1-3-5-6-7-8-9-10-12(14)11(13)4-2/h4H,2-3,5-10H2,1H3. The Bertz CT molecular complexity index is 194. The van der Waals surface area contributed by atoms with Crippen LogP contribution < -0.4 is 0 Å². The van der Waals surface area contributed by atoms with Gasteiger partial charge in [0.2, 0.25) is 11.6 Å². The Morgan fingerprint density at radius 3 is 2.21 bits per heavy atom. The lowest BCUT2D eigenvalue weighted by Crippen LogP contribution is -2.09. The van der Waals surface area contributed by atoms with Crippen molar-refractivity contribution in [3.63, 3.8) is 0 Å². The summed E-state index contributed by atoms with van der Waals surface area (Å²) in [5, 5.41) is 0. The van der Waals surface area contributed by atoms with Crippen molar-refractivity contribution in [1.82, 2.24) is 0 Å². The van der Waals surface area contributed by atoms with Gasteiger partial charge in [-0.3, -0.25) is 9.59 Å². The molecule has 0 amide bonds. The van der Waals surface area contributed by atoms with Crippen molar-refractivity contribution in [3.05, 3.63) is 12.7 Å². The summed E-state index contributed by atoms with van der Waals surface area (Å²) in [6.07, 6.45) is 8.27. The van der Waals surface area contributed by atoms with E-state index in [0.717, 1.165) is 18.9 Å². The van der Waals surface area contributed by atoms with Crippen LogP contribution in [0.1, 0.15) is 51.9 Å². The first-order valence-corrected chi connectivity index (χ1v) is 5.42. The lowest BCUT2D eigenvalue weighted by molar-refractivity contribution is -0.133. The number of unbranched alkanes of at least 4 members (excludes halogenated alkanes) is 5. The molecule has 0 N–H and O–H groups in total. The third kappa shape index (κ3) is 6.58. The van der Waals surface area contributed by atoms with E-state index >= 15 is 0 Å². The third-order valence-corrected chi connectivity index (χ3v) is 2.22. The average molecular weight is 196 g/mol. The minimum Gasteiger partial charge on any atom is -0.291 e. The maximum absolute atomic E-state index is 11.0. The van der Waals surface area contributed by atoms with Crippen molar-refractivity contribution in [2.45, 2.75) is 51.9 Å². The van der Waals surface area contributed by atoms with Crippen molar-refractivity contribution >= 4 is 11.6 Å². The fourth-order valence-electron chi connectivity index (χ4n) is 1.30. The molecule has 0 aromatic rings. The molecule has 0 atom stereocenters. The SMILES string of the molecule is C=CC(=O)C(=O)CCCCCCCC. The predicted octanol–water partition coefficient (Wildman–Crippen LogP) is 3.06. The molecule has 0 rings (SSSR count). The number of carbonyl (C=O) groups excluding carboxylic acids is 2. The summed E-state index contributed by atoms with van der Waals surface area (Å²) in [7, 11) is 0. The number of hydrogen-bond acceptors (Lipinski definition) is 2. The van der Waals surface area contributed by atoms with Gasteiger partial charge in [0, 0.05) is 6.42 Å². The summed E-state index contributed by atoms with van der Waals surface area (Å²) in [6.45, 7) is 5.45. The van der Waals surface area contributed by atoms with Crippen LogP contribution in [0.15, 0.2) is 12.7 Å². The molecule has 0 unspecified atom stereocenters. The second-order valence-corrected chi connectivity index (χ2v) is 3.51. The third-order valence-electron chi connectivity index (χ3n) is 2.22. The molecule has 0 aliphatic carbocycles. The molecule has 0 fully saturated rings. The molecule has 0 bridgehead atoms. The molecule has 0 aromatic heterocycles. The van der Waals surface area contributed by atoms with E-state index in [4.69, 9.17) is 0 Å². The van der Waals surface area contributed by atoms with Crippen LogP contribution in [0.4, 0.5) is 0 Å². The highest BCUT2D eigenvalue weighted by atomic mass is 16.2. The van der Waals surface area contributed by atoms with Crippen LogP contribution in [0.25, 0.3) is 0 Å². The van der Waals surface area contributed by atoms with Gasteiger partial charge in [0.05, 0.1) is 0 Å². The normalized spacial score (nSPS) is 9.79. The van der Waals surface area contributed by atoms with E-state index in [-0.39, 0.29) is 5.78 Å². The Balaban J connectivity index is 3.32. The predicted molar refractivity (Wildman–Crippen MR) is 58.2 cm³/mol. The molecular formula is C12H20O2. The second kappa shape index (κ2) is 8.67. The summed E-state index contributed by atoms with van der Waals surface area (Å²) in [5.74, 6) is -0.742. The van der Waals surface area contributed by atoms with Crippen LogP contribution in [-0.2, 0) is 9.59 Å². The Kier molecular flexibility index (Phi) is 8.10. The van der Waals surface area contributed by atoms with Gasteiger partial charge in [-0.1, -0.05) is 45.6 Å². The number of ketones is 2. The monoisotopic (exact) mass is 196 g/mol. The van der Waals surface area contributed by atoms with Crippen molar-refractivity contribution in [2.75, 3.05) is 0 Å². The van der Waals surface area contributed by atoms with Crippen LogP contribution in [0.2, 0.25) is 0 Å². The van der Waals surface area contributed by atoms with E-state index in [0.29, 0.717) is 6.42 Å². The van der Waals surface area contributed by atoms with E-state index in [1.807, 2.05) is 0 Å². The molecular weight excluding hydrogens is 176 g/mol. The topological polar surface area (TPSA) is 34.1 Å². The van der Waals surface area contributed by atoms with Gasteiger partial charge in [0.25, 0.3) is 0 Å². The number of hydrogen-bond donors (Lipinski definition) is 0. The van der Waals surface area contributed by atoms with Crippen LogP contribution in [-0.4, -0.2) is 11.6 Å². The van der Waals surface area contributed by atoms with Crippen molar-refractivity contribution in [3.8, 4) is 0 Å². The Morgan fingerprint density at radius 1 is 1.07 bits per heavy atom. The average Bonchev–Trinajstić information content (AvgIpc) is 2.21. The molecule has 0 saturated carbocycles. The Morgan fingerprint density at radius 2 is 1.64 bits per heavy atom. The molecule has 2 heteroatoms. The fourth-order valence-corrected chi connectivity index (χ4v) is 1.30. The van der Waals surface area contributed by atoms with Gasteiger partial charge in [-0.05, 0) is 12.5 Å². The van der Waals surface area contributed by atoms with Gasteiger partial charge < -0.3 is 0 Å². The van der Waals surface area contributed by atoms with Crippen molar-refractivity contribution in [2.24, 2.45) is 0 Å². The maximum atomic E-state index is 11.0. The van der Waals surface area contributed by atoms with Gasteiger partial charge in [0.1, 0.15) is 0 Å². The molecule has 0 spiro atoms. The van der Waals surface area contributed by atoms with Gasteiger partial charge in [-0.15, -0.1) is 0 Å². The smallest absolute Gasteiger partial charge is 0.220 e. The number of carbonyl (C=O) groups is 2. The van der Waals surface area contributed by atoms with Gasteiger partial charge in [-0.25, -0.2) is 0 Å². The van der Waals surface area contributed by atoms with Gasteiger partial charge in [0.15, 0.2) is 0 Å². The summed E-state index contributed by atoms with van der Waals surface area (Å²) in [6, 6.07) is 0. The molecule has 0 heterocycles. The quantitative estimate of drug-likeness (QED) is 0.322. The Hall–Kier alpha value is -0.920. The molecule has 0 saturated heterocycles. The molecule has 0 aliphatic rings.